The third-order valence-electron chi connectivity index (χ3n) is 10.4. The molecule has 0 bridgehead atoms. The van der Waals surface area contributed by atoms with Crippen LogP contribution in [0.5, 0.6) is 11.5 Å². The van der Waals surface area contributed by atoms with Crippen LogP contribution < -0.4 is 30.9 Å². The monoisotopic (exact) mass is 800 g/mol. The van der Waals surface area contributed by atoms with Crippen molar-refractivity contribution in [3.05, 3.63) is 94.3 Å². The van der Waals surface area contributed by atoms with Gasteiger partial charge in [0.2, 0.25) is 5.96 Å². The van der Waals surface area contributed by atoms with Gasteiger partial charge in [0.1, 0.15) is 28.9 Å². The number of likely N-dealkylation sites (tertiary alicyclic amines) is 1. The van der Waals surface area contributed by atoms with E-state index in [9.17, 15) is 4.79 Å². The summed E-state index contributed by atoms with van der Waals surface area (Å²) in [6, 6.07) is 16.0. The average Bonchev–Trinajstić information content (AvgIpc) is 3.20. The largest absolute Gasteiger partial charge is 0.492 e. The second-order valence-corrected chi connectivity index (χ2v) is 16.2. The molecule has 6 rings (SSSR count). The van der Waals surface area contributed by atoms with Crippen molar-refractivity contribution in [3.63, 3.8) is 0 Å². The fourth-order valence-electron chi connectivity index (χ4n) is 7.10. The Bertz CT molecular complexity index is 1960. The number of rotatable bonds is 13. The molecule has 2 aliphatic heterocycles. The van der Waals surface area contributed by atoms with Gasteiger partial charge in [-0.3, -0.25) is 20.7 Å². The molecule has 2 saturated heterocycles. The maximum atomic E-state index is 13.7. The Morgan fingerprint density at radius 1 is 0.965 bits per heavy atom. The molecule has 2 fully saturated rings. The molecule has 2 amide bonds. The molecule has 2 aromatic carbocycles. The summed E-state index contributed by atoms with van der Waals surface area (Å²) in [5, 5.41) is 35.8. The predicted octanol–water partition coefficient (Wildman–Crippen LogP) is 8.48. The molecule has 3 aliphatic rings. The lowest BCUT2D eigenvalue weighted by molar-refractivity contribution is -0.163. The highest BCUT2D eigenvalue weighted by Crippen LogP contribution is 2.39. The summed E-state index contributed by atoms with van der Waals surface area (Å²) in [7, 11) is 0. The molecule has 57 heavy (non-hydrogen) atoms. The maximum Gasteiger partial charge on any atom is 0.320 e. The van der Waals surface area contributed by atoms with Crippen molar-refractivity contribution >= 4 is 35.0 Å². The van der Waals surface area contributed by atoms with Crippen LogP contribution in [0, 0.1) is 21.6 Å². The molecule has 1 unspecified atom stereocenters. The molecule has 0 saturated carbocycles. The number of nitrogens with zero attached hydrogens (tertiary/aromatic N) is 2. The zero-order chi connectivity index (χ0) is 40.4. The molecule has 6 N–H and O–H groups in total. The molecule has 3 atom stereocenters. The van der Waals surface area contributed by atoms with Gasteiger partial charge < -0.3 is 39.9 Å². The molecule has 0 spiro atoms. The smallest absolute Gasteiger partial charge is 0.320 e. The summed E-state index contributed by atoms with van der Waals surface area (Å²) in [5.41, 5.74) is 2.63. The number of halogens is 1. The van der Waals surface area contributed by atoms with Crippen LogP contribution >= 0.6 is 11.6 Å². The number of nitrogens with one attached hydrogen (secondary N) is 6. The molecule has 13 nitrogen and oxygen atoms in total. The van der Waals surface area contributed by atoms with Gasteiger partial charge in [-0.15, -0.1) is 0 Å². The van der Waals surface area contributed by atoms with Crippen LogP contribution in [0.2, 0.25) is 5.02 Å². The summed E-state index contributed by atoms with van der Waals surface area (Å²) in [6.45, 7) is 9.12. The highest BCUT2D eigenvalue weighted by Gasteiger charge is 2.30. The van der Waals surface area contributed by atoms with E-state index in [1.165, 1.54) is 0 Å². The van der Waals surface area contributed by atoms with Gasteiger partial charge in [0.25, 0.3) is 0 Å². The summed E-state index contributed by atoms with van der Waals surface area (Å²) in [5.74, 6) is 1.69. The maximum absolute atomic E-state index is 13.7. The average molecular weight is 801 g/mol. The van der Waals surface area contributed by atoms with E-state index in [-0.39, 0.29) is 29.9 Å². The number of urea groups is 1. The number of piperidine rings is 1. The molecule has 1 aromatic heterocycles. The first-order chi connectivity index (χ1) is 27.4. The highest BCUT2D eigenvalue weighted by atomic mass is 35.5. The number of hydrogen-bond acceptors (Lipinski definition) is 9. The van der Waals surface area contributed by atoms with E-state index in [4.69, 9.17) is 46.8 Å². The Labute approximate surface area is 340 Å². The van der Waals surface area contributed by atoms with Crippen LogP contribution in [0.3, 0.4) is 0 Å². The van der Waals surface area contributed by atoms with Crippen molar-refractivity contribution in [3.8, 4) is 11.5 Å². The van der Waals surface area contributed by atoms with Gasteiger partial charge in [-0.25, -0.2) is 4.79 Å². The lowest BCUT2D eigenvalue weighted by Gasteiger charge is -2.33. The lowest BCUT2D eigenvalue weighted by Crippen LogP contribution is -2.43. The van der Waals surface area contributed by atoms with Crippen LogP contribution in [-0.4, -0.2) is 66.4 Å². The third-order valence-corrected chi connectivity index (χ3v) is 10.7. The lowest BCUT2D eigenvalue weighted by atomic mass is 9.85. The van der Waals surface area contributed by atoms with Gasteiger partial charge in [-0.05, 0) is 86.8 Å². The molecule has 306 valence electrons. The van der Waals surface area contributed by atoms with E-state index in [1.807, 2.05) is 49.9 Å². The molecule has 1 aliphatic carbocycles. The Hall–Kier alpha value is -4.85. The number of pyridine rings is 1. The summed E-state index contributed by atoms with van der Waals surface area (Å²) < 4.78 is 25.6. The number of carbonyl (C=O) groups is 1. The van der Waals surface area contributed by atoms with Gasteiger partial charge in [-0.2, -0.15) is 0 Å². The second kappa shape index (κ2) is 19.5. The van der Waals surface area contributed by atoms with E-state index in [0.717, 1.165) is 69.3 Å². The number of carbonyl (C=O) groups excluding carboxylic acids is 1. The molecular weight excluding hydrogens is 744 g/mol. The van der Waals surface area contributed by atoms with Gasteiger partial charge in [0.05, 0.1) is 30.5 Å². The van der Waals surface area contributed by atoms with E-state index >= 15 is 0 Å². The van der Waals surface area contributed by atoms with E-state index in [1.54, 1.807) is 47.2 Å². The van der Waals surface area contributed by atoms with Crippen LogP contribution in [0.25, 0.3) is 0 Å². The number of hydrogen-bond donors (Lipinski definition) is 6. The Morgan fingerprint density at radius 2 is 1.75 bits per heavy atom. The SMILES string of the molecule is CC(C)(C)C(=N)/C=C(/NC(=O)N[C@H]1CC[C@@H](Oc2ccc(=N)n(C(=N)N3CCCCC3)c2)c2ccccc21)Nc1ccc(Cl)c(OCCCOC2CCCCO2)c1. The topological polar surface area (TPSA) is 170 Å². The minimum absolute atomic E-state index is 0.145. The fraction of sp³-hybridized carbons (Fsp3) is 0.488. The zero-order valence-corrected chi connectivity index (χ0v) is 34.1. The first-order valence-corrected chi connectivity index (χ1v) is 20.5. The van der Waals surface area contributed by atoms with E-state index < -0.39 is 11.4 Å². The third kappa shape index (κ3) is 11.6. The highest BCUT2D eigenvalue weighted by molar-refractivity contribution is 6.32. The van der Waals surface area contributed by atoms with Crippen molar-refractivity contribution in [2.75, 3.05) is 38.2 Å². The molecular formula is C43H57ClN8O5. The van der Waals surface area contributed by atoms with Gasteiger partial charge >= 0.3 is 6.03 Å². The van der Waals surface area contributed by atoms with Crippen molar-refractivity contribution in [1.29, 1.82) is 16.2 Å². The van der Waals surface area contributed by atoms with Gasteiger partial charge in [-0.1, -0.05) is 56.6 Å². The van der Waals surface area contributed by atoms with Crippen LogP contribution in [0.1, 0.15) is 102 Å². The quantitative estimate of drug-likeness (QED) is 0.0572. The zero-order valence-electron chi connectivity index (χ0n) is 33.3. The van der Waals surface area contributed by atoms with E-state index in [2.05, 4.69) is 16.0 Å². The van der Waals surface area contributed by atoms with E-state index in [0.29, 0.717) is 66.2 Å². The molecule has 3 aromatic rings. The number of allylic oxidation sites excluding steroid dienone is 1. The number of aromatic nitrogens is 1. The number of amides is 2. The Kier molecular flexibility index (Phi) is 14.3. The second-order valence-electron chi connectivity index (χ2n) is 15.8. The normalized spacial score (nSPS) is 19.9. The molecule has 3 heterocycles. The number of benzene rings is 2. The van der Waals surface area contributed by atoms with Gasteiger partial charge in [0, 0.05) is 55.1 Å². The van der Waals surface area contributed by atoms with Crippen molar-refractivity contribution in [2.24, 2.45) is 5.41 Å². The van der Waals surface area contributed by atoms with Crippen LogP contribution in [0.4, 0.5) is 10.5 Å². The van der Waals surface area contributed by atoms with Crippen molar-refractivity contribution < 1.29 is 23.7 Å². The Morgan fingerprint density at radius 3 is 2.51 bits per heavy atom. The predicted molar refractivity (Wildman–Crippen MR) is 222 cm³/mol. The fourth-order valence-corrected chi connectivity index (χ4v) is 7.27. The molecule has 0 radical (unpaired) electrons. The van der Waals surface area contributed by atoms with Crippen LogP contribution in [0.15, 0.2) is 72.7 Å². The standard InChI is InChI=1S/C43H57ClN8O5/c1-43(2,3)37(45)27-39(48-29-15-17-33(44)36(26-29)54-24-11-25-56-40-14-7-10-23-55-40)50-42(53)49-34-18-19-35(32-13-6-5-12-31(32)34)57-30-16-20-38(46)52(28-30)41(47)51-21-8-4-9-22-51/h5-6,12-13,15-17,20,26-28,34-35,40,45-48H,4,7-11,14,18-19,21-25H2,1-3H3,(H2,49,50,53)/b39-27+,45-37?,46-38?,47-41?/t34-,35+,40?/m0/s1. The summed E-state index contributed by atoms with van der Waals surface area (Å²) in [4.78, 5) is 15.7. The van der Waals surface area contributed by atoms with Crippen molar-refractivity contribution in [2.45, 2.75) is 97.0 Å². The summed E-state index contributed by atoms with van der Waals surface area (Å²) >= 11 is 6.50. The van der Waals surface area contributed by atoms with Crippen LogP contribution in [-0.2, 0) is 9.47 Å². The molecule has 14 heteroatoms. The first-order valence-electron chi connectivity index (χ1n) is 20.1. The number of fused-ring (bicyclic) bond motifs is 1. The number of anilines is 1. The summed E-state index contributed by atoms with van der Waals surface area (Å²) in [6.07, 6.45) is 11.2. The number of ether oxygens (including phenoxy) is 4. The Balaban J connectivity index is 1.10. The van der Waals surface area contributed by atoms with Crippen molar-refractivity contribution in [1.82, 2.24) is 20.1 Å². The minimum Gasteiger partial charge on any atom is -0.492 e. The first kappa shape index (κ1) is 41.8. The van der Waals surface area contributed by atoms with Gasteiger partial charge in [0.15, 0.2) is 6.29 Å². The minimum atomic E-state index is -0.463.